The predicted octanol–water partition coefficient (Wildman–Crippen LogP) is 3.11. The van der Waals surface area contributed by atoms with E-state index in [9.17, 15) is 4.79 Å². The molecule has 0 atom stereocenters. The van der Waals surface area contributed by atoms with E-state index < -0.39 is 0 Å². The number of halogens is 1. The second-order valence-electron chi connectivity index (χ2n) is 7.68. The van der Waals surface area contributed by atoms with Crippen LogP contribution in [0, 0.1) is 5.92 Å². The molecule has 2 rings (SSSR count). The molecule has 2 aliphatic rings. The fraction of sp³-hybridized carbons (Fsp3) is 0.900. The van der Waals surface area contributed by atoms with Gasteiger partial charge in [0.15, 0.2) is 5.96 Å². The molecule has 2 aliphatic heterocycles. The topological polar surface area (TPSA) is 66.0 Å². The number of likely N-dealkylation sites (tertiary alicyclic amines) is 1. The van der Waals surface area contributed by atoms with Crippen molar-refractivity contribution in [3.8, 4) is 0 Å². The molecule has 2 N–H and O–H groups in total. The molecule has 0 aliphatic carbocycles. The van der Waals surface area contributed by atoms with Crippen molar-refractivity contribution in [1.29, 1.82) is 0 Å². The van der Waals surface area contributed by atoms with Crippen molar-refractivity contribution in [2.75, 3.05) is 46.2 Å². The van der Waals surface area contributed by atoms with Crippen molar-refractivity contribution in [1.82, 2.24) is 15.5 Å². The molecule has 0 aromatic rings. The summed E-state index contributed by atoms with van der Waals surface area (Å²) in [7, 11) is 1.83. The van der Waals surface area contributed by atoms with Crippen molar-refractivity contribution < 1.29 is 9.53 Å². The molecule has 0 aromatic heterocycles. The van der Waals surface area contributed by atoms with E-state index in [2.05, 4.69) is 40.6 Å². The number of nitrogens with one attached hydrogen (secondary N) is 2. The van der Waals surface area contributed by atoms with Crippen LogP contribution in [-0.4, -0.2) is 73.7 Å². The van der Waals surface area contributed by atoms with E-state index in [4.69, 9.17) is 4.74 Å². The average Bonchev–Trinajstić information content (AvgIpc) is 2.73. The normalized spacial score (nSPS) is 20.6. The first-order chi connectivity index (χ1) is 13.1. The van der Waals surface area contributed by atoms with Gasteiger partial charge in [-0.05, 0) is 44.8 Å². The van der Waals surface area contributed by atoms with Gasteiger partial charge in [-0.1, -0.05) is 13.8 Å². The minimum atomic E-state index is 0. The van der Waals surface area contributed by atoms with E-state index in [1.807, 2.05) is 18.8 Å². The summed E-state index contributed by atoms with van der Waals surface area (Å²) in [5.41, 5.74) is 0. The third-order valence-electron chi connectivity index (χ3n) is 6.12. The van der Waals surface area contributed by atoms with Crippen molar-refractivity contribution in [2.45, 2.75) is 63.2 Å². The standard InChI is InChI=1S/C20H38N4O2S.HI/c1-5-16(6-2)18(25)24-11-7-17(8-12-24)23-19(21-3)22-15-20(27-4)9-13-26-14-10-20;/h16-17H,5-15H2,1-4H3,(H2,21,22,23);1H. The Morgan fingerprint density at radius 2 is 1.86 bits per heavy atom. The molecule has 0 radical (unpaired) electrons. The summed E-state index contributed by atoms with van der Waals surface area (Å²) in [6.07, 6.45) is 8.18. The SMILES string of the molecule is CCC(CC)C(=O)N1CCC(NC(=NC)NCC2(SC)CCOCC2)CC1.I. The highest BCUT2D eigenvalue weighted by Crippen LogP contribution is 2.32. The highest BCUT2D eigenvalue weighted by molar-refractivity contribution is 14.0. The Balaban J connectivity index is 0.00000392. The molecule has 28 heavy (non-hydrogen) atoms. The minimum Gasteiger partial charge on any atom is -0.381 e. The van der Waals surface area contributed by atoms with Gasteiger partial charge in [0.25, 0.3) is 0 Å². The second kappa shape index (κ2) is 13.2. The van der Waals surface area contributed by atoms with Crippen LogP contribution in [0.2, 0.25) is 0 Å². The van der Waals surface area contributed by atoms with E-state index in [0.29, 0.717) is 11.9 Å². The number of ether oxygens (including phenoxy) is 1. The summed E-state index contributed by atoms with van der Waals surface area (Å²) < 4.78 is 5.76. The Kier molecular flexibility index (Phi) is 12.1. The van der Waals surface area contributed by atoms with Gasteiger partial charge in [-0.3, -0.25) is 9.79 Å². The fourth-order valence-electron chi connectivity index (χ4n) is 3.97. The first kappa shape index (κ1) is 25.8. The highest BCUT2D eigenvalue weighted by atomic mass is 127. The lowest BCUT2D eigenvalue weighted by Crippen LogP contribution is -2.53. The Hall–Kier alpha value is -0.220. The van der Waals surface area contributed by atoms with Gasteiger partial charge in [-0.25, -0.2) is 0 Å². The number of carbonyl (C=O) groups is 1. The maximum Gasteiger partial charge on any atom is 0.225 e. The molecule has 8 heteroatoms. The van der Waals surface area contributed by atoms with Crippen LogP contribution in [0.5, 0.6) is 0 Å². The molecular formula is C20H39IN4O2S. The molecule has 0 unspecified atom stereocenters. The molecule has 2 heterocycles. The van der Waals surface area contributed by atoms with Gasteiger partial charge < -0.3 is 20.3 Å². The number of hydrogen-bond acceptors (Lipinski definition) is 4. The summed E-state index contributed by atoms with van der Waals surface area (Å²) in [4.78, 5) is 19.0. The quantitative estimate of drug-likeness (QED) is 0.303. The van der Waals surface area contributed by atoms with Crippen LogP contribution >= 0.6 is 35.7 Å². The van der Waals surface area contributed by atoms with Gasteiger partial charge in [0.1, 0.15) is 0 Å². The summed E-state index contributed by atoms with van der Waals surface area (Å²) in [5, 5.41) is 7.09. The average molecular weight is 527 g/mol. The predicted molar refractivity (Wildman–Crippen MR) is 130 cm³/mol. The summed E-state index contributed by atoms with van der Waals surface area (Å²) in [6, 6.07) is 0.377. The van der Waals surface area contributed by atoms with Gasteiger partial charge in [0.05, 0.1) is 0 Å². The molecule has 6 nitrogen and oxygen atoms in total. The Labute approximate surface area is 192 Å². The number of piperidine rings is 1. The van der Waals surface area contributed by atoms with Crippen molar-refractivity contribution in [3.05, 3.63) is 0 Å². The molecular weight excluding hydrogens is 487 g/mol. The monoisotopic (exact) mass is 526 g/mol. The lowest BCUT2D eigenvalue weighted by molar-refractivity contribution is -0.136. The van der Waals surface area contributed by atoms with Crippen LogP contribution in [0.3, 0.4) is 0 Å². The molecule has 1 amide bonds. The molecule has 0 spiro atoms. The Morgan fingerprint density at radius 3 is 2.36 bits per heavy atom. The van der Waals surface area contributed by atoms with E-state index >= 15 is 0 Å². The van der Waals surface area contributed by atoms with Gasteiger partial charge in [-0.15, -0.1) is 24.0 Å². The van der Waals surface area contributed by atoms with E-state index in [1.165, 1.54) is 0 Å². The van der Waals surface area contributed by atoms with Crippen molar-refractivity contribution >= 4 is 47.6 Å². The van der Waals surface area contributed by atoms with Crippen LogP contribution in [0.4, 0.5) is 0 Å². The highest BCUT2D eigenvalue weighted by Gasteiger charge is 2.32. The Morgan fingerprint density at radius 1 is 1.25 bits per heavy atom. The van der Waals surface area contributed by atoms with E-state index in [1.54, 1.807) is 0 Å². The van der Waals surface area contributed by atoms with Gasteiger partial charge in [0.2, 0.25) is 5.91 Å². The maximum atomic E-state index is 12.5. The fourth-order valence-corrected chi connectivity index (χ4v) is 4.76. The van der Waals surface area contributed by atoms with Gasteiger partial charge >= 0.3 is 0 Å². The van der Waals surface area contributed by atoms with Crippen LogP contribution in [-0.2, 0) is 9.53 Å². The lowest BCUT2D eigenvalue weighted by atomic mass is 9.98. The van der Waals surface area contributed by atoms with Crippen LogP contribution in [0.25, 0.3) is 0 Å². The number of carbonyl (C=O) groups excluding carboxylic acids is 1. The summed E-state index contributed by atoms with van der Waals surface area (Å²) in [5.74, 6) is 1.40. The van der Waals surface area contributed by atoms with E-state index in [-0.39, 0.29) is 34.6 Å². The van der Waals surface area contributed by atoms with E-state index in [0.717, 1.165) is 77.3 Å². The van der Waals surface area contributed by atoms with Gasteiger partial charge in [0, 0.05) is 56.6 Å². The molecule has 2 saturated heterocycles. The summed E-state index contributed by atoms with van der Waals surface area (Å²) in [6.45, 7) is 8.50. The third-order valence-corrected chi connectivity index (χ3v) is 7.54. The zero-order valence-electron chi connectivity index (χ0n) is 18.0. The zero-order chi connectivity index (χ0) is 19.7. The Bertz CT molecular complexity index is 489. The number of guanidine groups is 1. The first-order valence-corrected chi connectivity index (χ1v) is 11.7. The lowest BCUT2D eigenvalue weighted by Gasteiger charge is -2.37. The van der Waals surface area contributed by atoms with Crippen LogP contribution < -0.4 is 10.6 Å². The molecule has 0 aromatic carbocycles. The number of hydrogen-bond donors (Lipinski definition) is 2. The van der Waals surface area contributed by atoms with Crippen molar-refractivity contribution in [2.24, 2.45) is 10.9 Å². The molecule has 2 fully saturated rings. The van der Waals surface area contributed by atoms with Crippen molar-refractivity contribution in [3.63, 3.8) is 0 Å². The maximum absolute atomic E-state index is 12.5. The number of thioether (sulfide) groups is 1. The molecule has 0 saturated carbocycles. The third kappa shape index (κ3) is 7.23. The van der Waals surface area contributed by atoms with Crippen LogP contribution in [0.15, 0.2) is 4.99 Å². The number of aliphatic imine (C=N–C) groups is 1. The van der Waals surface area contributed by atoms with Gasteiger partial charge in [-0.2, -0.15) is 11.8 Å². The largest absolute Gasteiger partial charge is 0.381 e. The first-order valence-electron chi connectivity index (χ1n) is 10.5. The molecule has 0 bridgehead atoms. The minimum absolute atomic E-state index is 0. The summed E-state index contributed by atoms with van der Waals surface area (Å²) >= 11 is 1.93. The second-order valence-corrected chi connectivity index (χ2v) is 8.96. The number of amides is 1. The molecule has 164 valence electrons. The number of nitrogens with zero attached hydrogens (tertiary/aromatic N) is 2. The zero-order valence-corrected chi connectivity index (χ0v) is 21.1. The number of rotatable bonds is 7. The smallest absolute Gasteiger partial charge is 0.225 e. The van der Waals surface area contributed by atoms with Crippen LogP contribution in [0.1, 0.15) is 52.4 Å².